The number of aromatic nitrogens is 2. The predicted octanol–water partition coefficient (Wildman–Crippen LogP) is 5.59. The van der Waals surface area contributed by atoms with Crippen molar-refractivity contribution in [1.29, 1.82) is 0 Å². The van der Waals surface area contributed by atoms with Gasteiger partial charge in [-0.3, -0.25) is 4.79 Å². The number of amides is 1. The van der Waals surface area contributed by atoms with E-state index < -0.39 is 0 Å². The van der Waals surface area contributed by atoms with E-state index in [1.807, 2.05) is 0 Å². The van der Waals surface area contributed by atoms with Crippen molar-refractivity contribution in [1.82, 2.24) is 9.97 Å². The van der Waals surface area contributed by atoms with Crippen molar-refractivity contribution in [3.05, 3.63) is 18.0 Å². The molecule has 1 aromatic heterocycles. The Hall–Kier alpha value is -2.04. The predicted molar refractivity (Wildman–Crippen MR) is 114 cm³/mol. The summed E-state index contributed by atoms with van der Waals surface area (Å²) in [5, 5.41) is 3.14. The van der Waals surface area contributed by atoms with Crippen molar-refractivity contribution in [2.75, 3.05) is 23.3 Å². The zero-order valence-electron chi connectivity index (χ0n) is 17.1. The van der Waals surface area contributed by atoms with Gasteiger partial charge in [-0.25, -0.2) is 4.98 Å². The third-order valence-corrected chi connectivity index (χ3v) is 5.75. The van der Waals surface area contributed by atoms with Crippen LogP contribution in [0.15, 0.2) is 12.1 Å². The topological polar surface area (TPSA) is 61.0 Å². The molecule has 0 aliphatic heterocycles. The number of hydrogen-bond acceptors (Lipinski definition) is 3. The number of rotatable bonds is 8. The quantitative estimate of drug-likeness (QED) is 0.637. The zero-order valence-corrected chi connectivity index (χ0v) is 17.1. The van der Waals surface area contributed by atoms with Crippen LogP contribution in [-0.2, 0) is 4.79 Å². The fourth-order valence-corrected chi connectivity index (χ4v) is 4.11. The third kappa shape index (κ3) is 4.63. The lowest BCUT2D eigenvalue weighted by Crippen LogP contribution is -2.24. The monoisotopic (exact) mass is 370 g/mol. The number of nitrogens with zero attached hydrogens (tertiary/aromatic N) is 2. The Kier molecular flexibility index (Phi) is 6.75. The van der Waals surface area contributed by atoms with Crippen molar-refractivity contribution in [3.8, 4) is 0 Å². The number of aromatic amines is 1. The number of H-pyrrole nitrogens is 1. The van der Waals surface area contributed by atoms with Gasteiger partial charge in [0.05, 0.1) is 22.4 Å². The largest absolute Gasteiger partial charge is 0.370 e. The normalized spacial score (nSPS) is 15.2. The minimum absolute atomic E-state index is 0.0904. The average molecular weight is 371 g/mol. The molecule has 3 rings (SSSR count). The molecule has 148 valence electrons. The Balaban J connectivity index is 1.94. The zero-order chi connectivity index (χ0) is 19.2. The molecule has 1 fully saturated rings. The molecule has 0 radical (unpaired) electrons. The van der Waals surface area contributed by atoms with Gasteiger partial charge in [0.1, 0.15) is 5.82 Å². The molecule has 1 aromatic carbocycles. The van der Waals surface area contributed by atoms with Gasteiger partial charge in [0.2, 0.25) is 5.91 Å². The highest BCUT2D eigenvalue weighted by atomic mass is 16.1. The van der Waals surface area contributed by atoms with Crippen LogP contribution in [0.4, 0.5) is 11.4 Å². The molecule has 0 spiro atoms. The molecule has 1 aliphatic carbocycles. The van der Waals surface area contributed by atoms with E-state index in [9.17, 15) is 4.79 Å². The number of benzene rings is 1. The van der Waals surface area contributed by atoms with Gasteiger partial charge in [-0.15, -0.1) is 0 Å². The summed E-state index contributed by atoms with van der Waals surface area (Å²) in [5.74, 6) is 1.75. The van der Waals surface area contributed by atoms with Crippen LogP contribution in [-0.4, -0.2) is 29.0 Å². The van der Waals surface area contributed by atoms with Gasteiger partial charge in [-0.05, 0) is 45.2 Å². The van der Waals surface area contributed by atoms with Crippen LogP contribution in [0, 0.1) is 0 Å². The maximum Gasteiger partial charge on any atom is 0.224 e. The average Bonchev–Trinajstić information content (AvgIpc) is 3.11. The number of unbranched alkanes of at least 4 members (excludes halogenated alkanes) is 1. The molecule has 0 atom stereocenters. The van der Waals surface area contributed by atoms with Gasteiger partial charge in [0.15, 0.2) is 0 Å². The van der Waals surface area contributed by atoms with E-state index in [1.165, 1.54) is 32.1 Å². The summed E-state index contributed by atoms with van der Waals surface area (Å²) >= 11 is 0. The Morgan fingerprint density at radius 2 is 1.93 bits per heavy atom. The van der Waals surface area contributed by atoms with Crippen LogP contribution >= 0.6 is 0 Å². The number of imidazole rings is 1. The Labute approximate surface area is 162 Å². The first-order chi connectivity index (χ1) is 13.2. The smallest absolute Gasteiger partial charge is 0.224 e. The van der Waals surface area contributed by atoms with Crippen molar-refractivity contribution < 1.29 is 4.79 Å². The summed E-state index contributed by atoms with van der Waals surface area (Å²) < 4.78 is 0. The Morgan fingerprint density at radius 3 is 2.59 bits per heavy atom. The fourth-order valence-electron chi connectivity index (χ4n) is 4.11. The molecule has 2 aromatic rings. The summed E-state index contributed by atoms with van der Waals surface area (Å²) in [4.78, 5) is 23.1. The van der Waals surface area contributed by atoms with Crippen molar-refractivity contribution in [2.45, 2.75) is 78.1 Å². The highest BCUT2D eigenvalue weighted by Crippen LogP contribution is 2.35. The first-order valence-corrected chi connectivity index (χ1v) is 10.7. The molecule has 1 saturated carbocycles. The van der Waals surface area contributed by atoms with E-state index in [0.29, 0.717) is 12.3 Å². The van der Waals surface area contributed by atoms with E-state index in [2.05, 4.69) is 48.1 Å². The second-order valence-electron chi connectivity index (χ2n) is 7.67. The molecular weight excluding hydrogens is 336 g/mol. The number of anilines is 2. The van der Waals surface area contributed by atoms with Crippen LogP contribution in [0.25, 0.3) is 11.0 Å². The van der Waals surface area contributed by atoms with Crippen LogP contribution in [0.3, 0.4) is 0 Å². The maximum atomic E-state index is 12.4. The third-order valence-electron chi connectivity index (χ3n) is 5.75. The van der Waals surface area contributed by atoms with Crippen LogP contribution in [0.2, 0.25) is 0 Å². The summed E-state index contributed by atoms with van der Waals surface area (Å²) in [7, 11) is 0. The fraction of sp³-hybridized carbons (Fsp3) is 0.636. The lowest BCUT2D eigenvalue weighted by molar-refractivity contribution is -0.116. The van der Waals surface area contributed by atoms with E-state index >= 15 is 0 Å². The lowest BCUT2D eigenvalue weighted by atomic mass is 9.89. The van der Waals surface area contributed by atoms with Gasteiger partial charge < -0.3 is 15.2 Å². The van der Waals surface area contributed by atoms with Crippen molar-refractivity contribution >= 4 is 28.3 Å². The SMILES string of the molecule is CCCCC(=O)Nc1cc2nc(C3CCCCC3)[nH]c2cc1N(CC)CC. The molecule has 1 heterocycles. The van der Waals surface area contributed by atoms with Gasteiger partial charge in [-0.2, -0.15) is 0 Å². The minimum atomic E-state index is 0.0904. The lowest BCUT2D eigenvalue weighted by Gasteiger charge is -2.24. The molecule has 2 N–H and O–H groups in total. The van der Waals surface area contributed by atoms with Crippen molar-refractivity contribution in [3.63, 3.8) is 0 Å². The number of nitrogens with one attached hydrogen (secondary N) is 2. The van der Waals surface area contributed by atoms with E-state index in [-0.39, 0.29) is 5.91 Å². The number of fused-ring (bicyclic) bond motifs is 1. The van der Waals surface area contributed by atoms with Gasteiger partial charge in [0.25, 0.3) is 0 Å². The standard InChI is InChI=1S/C22H34N4O/c1-4-7-13-21(27)23-19-14-17-18(15-20(19)26(5-2)6-3)25-22(24-17)16-11-9-8-10-12-16/h14-16H,4-13H2,1-3H3,(H,23,27)(H,24,25). The number of carbonyl (C=O) groups excluding carboxylic acids is 1. The molecule has 0 bridgehead atoms. The summed E-state index contributed by atoms with van der Waals surface area (Å²) in [6, 6.07) is 4.22. The molecule has 0 saturated heterocycles. The van der Waals surface area contributed by atoms with Crippen LogP contribution in [0.1, 0.15) is 83.9 Å². The highest BCUT2D eigenvalue weighted by molar-refractivity contribution is 5.98. The maximum absolute atomic E-state index is 12.4. The molecular formula is C22H34N4O. The van der Waals surface area contributed by atoms with Gasteiger partial charge in [0, 0.05) is 25.4 Å². The molecule has 0 unspecified atom stereocenters. The molecule has 1 aliphatic rings. The highest BCUT2D eigenvalue weighted by Gasteiger charge is 2.20. The van der Waals surface area contributed by atoms with Crippen LogP contribution < -0.4 is 10.2 Å². The number of carbonyl (C=O) groups is 1. The van der Waals surface area contributed by atoms with E-state index in [0.717, 1.165) is 54.2 Å². The molecule has 1 amide bonds. The van der Waals surface area contributed by atoms with Gasteiger partial charge in [-0.1, -0.05) is 32.6 Å². The summed E-state index contributed by atoms with van der Waals surface area (Å²) in [6.45, 7) is 8.22. The summed E-state index contributed by atoms with van der Waals surface area (Å²) in [6.07, 6.45) is 8.90. The number of hydrogen-bond donors (Lipinski definition) is 2. The minimum Gasteiger partial charge on any atom is -0.370 e. The Morgan fingerprint density at radius 1 is 1.19 bits per heavy atom. The first kappa shape index (κ1) is 19.7. The first-order valence-electron chi connectivity index (χ1n) is 10.7. The molecule has 27 heavy (non-hydrogen) atoms. The van der Waals surface area contributed by atoms with Crippen LogP contribution in [0.5, 0.6) is 0 Å². The molecule has 5 nitrogen and oxygen atoms in total. The molecule has 5 heteroatoms. The van der Waals surface area contributed by atoms with E-state index in [1.54, 1.807) is 0 Å². The second-order valence-corrected chi connectivity index (χ2v) is 7.67. The van der Waals surface area contributed by atoms with Crippen molar-refractivity contribution in [2.24, 2.45) is 0 Å². The summed E-state index contributed by atoms with van der Waals surface area (Å²) in [5.41, 5.74) is 3.99. The Bertz CT molecular complexity index is 757. The van der Waals surface area contributed by atoms with E-state index in [4.69, 9.17) is 4.98 Å². The second kappa shape index (κ2) is 9.25. The van der Waals surface area contributed by atoms with Gasteiger partial charge >= 0.3 is 0 Å².